The summed E-state index contributed by atoms with van der Waals surface area (Å²) < 4.78 is 67.5. The van der Waals surface area contributed by atoms with Gasteiger partial charge in [-0.15, -0.1) is 0 Å². The maximum Gasteiger partial charge on any atom is 0.416 e. The molecule has 0 atom stereocenters. The molecule has 1 aliphatic rings. The van der Waals surface area contributed by atoms with E-state index in [4.69, 9.17) is 11.1 Å². The Hall–Kier alpha value is -2.43. The molecule has 5 nitrogen and oxygen atoms in total. The first-order valence-corrected chi connectivity index (χ1v) is 9.39. The van der Waals surface area contributed by atoms with Crippen LogP contribution in [0.2, 0.25) is 0 Å². The molecule has 29 heavy (non-hydrogen) atoms. The average molecular weight is 434 g/mol. The monoisotopic (exact) mass is 434 g/mol. The number of benzene rings is 1. The highest BCUT2D eigenvalue weighted by atomic mass is 32.2. The van der Waals surface area contributed by atoms with Crippen molar-refractivity contribution >= 4 is 29.7 Å². The number of hydrogen-bond acceptors (Lipinski definition) is 4. The lowest BCUT2D eigenvalue weighted by Crippen LogP contribution is -2.41. The first-order chi connectivity index (χ1) is 13.6. The van der Waals surface area contributed by atoms with Crippen molar-refractivity contribution in [3.05, 3.63) is 42.1 Å². The number of hydrogen-bond donors (Lipinski definition) is 2. The molecule has 2 rings (SSSR count). The van der Waals surface area contributed by atoms with Gasteiger partial charge in [0.1, 0.15) is 0 Å². The Balaban J connectivity index is 2.01. The number of thioether (sulfide) groups is 1. The van der Waals surface area contributed by atoms with E-state index >= 15 is 0 Å². The fraction of sp³-hybridized carbons (Fsp3) is 0.389. The van der Waals surface area contributed by atoms with Gasteiger partial charge in [-0.25, -0.2) is 4.79 Å². The third-order valence-corrected chi connectivity index (χ3v) is 5.39. The van der Waals surface area contributed by atoms with E-state index in [1.165, 1.54) is 17.0 Å². The lowest BCUT2D eigenvalue weighted by molar-refractivity contribution is -0.137. The number of halogens is 5. The van der Waals surface area contributed by atoms with Crippen molar-refractivity contribution in [1.29, 1.82) is 5.41 Å². The van der Waals surface area contributed by atoms with Gasteiger partial charge in [-0.2, -0.15) is 26.9 Å². The molecule has 1 aromatic carbocycles. The fourth-order valence-corrected chi connectivity index (χ4v) is 3.83. The molecule has 0 aromatic heterocycles. The van der Waals surface area contributed by atoms with E-state index < -0.39 is 28.9 Å². The second kappa shape index (κ2) is 9.38. The van der Waals surface area contributed by atoms with E-state index in [0.29, 0.717) is 6.07 Å². The molecule has 1 saturated heterocycles. The lowest BCUT2D eigenvalue weighted by Gasteiger charge is -2.34. The van der Waals surface area contributed by atoms with Gasteiger partial charge in [0.25, 0.3) is 0 Å². The van der Waals surface area contributed by atoms with Gasteiger partial charge in [0.05, 0.1) is 11.3 Å². The first-order valence-electron chi connectivity index (χ1n) is 8.57. The van der Waals surface area contributed by atoms with E-state index in [2.05, 4.69) is 4.99 Å². The molecular weight excluding hydrogens is 415 g/mol. The number of piperidine rings is 1. The molecule has 3 N–H and O–H groups in total. The van der Waals surface area contributed by atoms with Crippen LogP contribution in [0.3, 0.4) is 0 Å². The quantitative estimate of drug-likeness (QED) is 0.397. The van der Waals surface area contributed by atoms with Crippen LogP contribution in [0.5, 0.6) is 0 Å². The van der Waals surface area contributed by atoms with Gasteiger partial charge in [-0.1, -0.05) is 17.8 Å². The van der Waals surface area contributed by atoms with Gasteiger partial charge >= 0.3 is 17.5 Å². The molecule has 0 radical (unpaired) electrons. The second-order valence-corrected chi connectivity index (χ2v) is 7.49. The van der Waals surface area contributed by atoms with Gasteiger partial charge < -0.3 is 16.0 Å². The zero-order chi connectivity index (χ0) is 21.7. The van der Waals surface area contributed by atoms with Crippen molar-refractivity contribution in [2.45, 2.75) is 29.2 Å². The van der Waals surface area contributed by atoms with Gasteiger partial charge in [0.15, 0.2) is 0 Å². The summed E-state index contributed by atoms with van der Waals surface area (Å²) in [4.78, 5) is 16.9. The number of carbonyl (C=O) groups is 1. The predicted octanol–water partition coefficient (Wildman–Crippen LogP) is 4.79. The molecule has 1 heterocycles. The summed E-state index contributed by atoms with van der Waals surface area (Å²) in [5.74, 6) is -1.10. The van der Waals surface area contributed by atoms with E-state index in [0.717, 1.165) is 24.5 Å². The standard InChI is InChI=1S/C18H19F5N4OS/c19-17(20,21)13-2-1-3-15(10-13)29-18(22,23)12-5-8-27(9-6-12)16(28)26-14(11-25)4-7-24/h1-4,7,10-12,25H,5-6,8-9,24H2. The highest BCUT2D eigenvalue weighted by Crippen LogP contribution is 2.46. The number of allylic oxidation sites excluding steroid dienone is 1. The van der Waals surface area contributed by atoms with Gasteiger partial charge in [-0.05, 0) is 43.3 Å². The Morgan fingerprint density at radius 2 is 1.90 bits per heavy atom. The van der Waals surface area contributed by atoms with Crippen molar-refractivity contribution < 1.29 is 26.7 Å². The number of nitrogens with one attached hydrogen (secondary N) is 1. The van der Waals surface area contributed by atoms with Crippen LogP contribution in [0.15, 0.2) is 46.4 Å². The normalized spacial score (nSPS) is 17.0. The van der Waals surface area contributed by atoms with Gasteiger partial charge in [0, 0.05) is 30.1 Å². The molecule has 0 aliphatic carbocycles. The van der Waals surface area contributed by atoms with Crippen molar-refractivity contribution in [1.82, 2.24) is 4.90 Å². The van der Waals surface area contributed by atoms with Gasteiger partial charge in [0.2, 0.25) is 0 Å². The van der Waals surface area contributed by atoms with Crippen LogP contribution >= 0.6 is 11.8 Å². The molecule has 158 valence electrons. The third-order valence-electron chi connectivity index (χ3n) is 4.30. The van der Waals surface area contributed by atoms with Crippen LogP contribution in [-0.2, 0) is 6.18 Å². The fourth-order valence-electron chi connectivity index (χ4n) is 2.78. The smallest absolute Gasteiger partial charge is 0.405 e. The summed E-state index contributed by atoms with van der Waals surface area (Å²) in [5, 5.41) is 3.85. The summed E-state index contributed by atoms with van der Waals surface area (Å²) in [5.41, 5.74) is 4.24. The summed E-state index contributed by atoms with van der Waals surface area (Å²) in [7, 11) is 0. The van der Waals surface area contributed by atoms with E-state index in [1.807, 2.05) is 0 Å². The Morgan fingerprint density at radius 1 is 1.24 bits per heavy atom. The number of aliphatic imine (C=N–C) groups is 1. The number of carbonyl (C=O) groups excluding carboxylic acids is 1. The molecule has 1 fully saturated rings. The van der Waals surface area contributed by atoms with E-state index in [9.17, 15) is 26.7 Å². The number of alkyl halides is 5. The second-order valence-electron chi connectivity index (χ2n) is 6.27. The molecule has 0 spiro atoms. The molecule has 2 amide bonds. The molecule has 0 bridgehead atoms. The number of amides is 2. The summed E-state index contributed by atoms with van der Waals surface area (Å²) >= 11 is 0.0960. The predicted molar refractivity (Wildman–Crippen MR) is 101 cm³/mol. The molecule has 1 aliphatic heterocycles. The van der Waals surface area contributed by atoms with E-state index in [1.54, 1.807) is 0 Å². The highest BCUT2D eigenvalue weighted by molar-refractivity contribution is 8.00. The van der Waals surface area contributed by atoms with Crippen LogP contribution in [0.25, 0.3) is 0 Å². The summed E-state index contributed by atoms with van der Waals surface area (Å²) in [6.07, 6.45) is -1.42. The number of nitrogens with zero attached hydrogens (tertiary/aromatic N) is 2. The summed E-state index contributed by atoms with van der Waals surface area (Å²) in [6.45, 7) is 0.0622. The lowest BCUT2D eigenvalue weighted by atomic mass is 9.97. The first kappa shape index (κ1) is 22.9. The molecule has 11 heteroatoms. The minimum atomic E-state index is -4.60. The SMILES string of the molecule is N=CC(C=CN)=NC(=O)N1CCC(C(F)(F)Sc2cccc(C(F)(F)F)c2)CC1. The van der Waals surface area contributed by atoms with Gasteiger partial charge in [-0.3, -0.25) is 0 Å². The number of likely N-dealkylation sites (tertiary alicyclic amines) is 1. The Bertz CT molecular complexity index is 802. The van der Waals surface area contributed by atoms with Crippen molar-refractivity contribution in [2.75, 3.05) is 13.1 Å². The topological polar surface area (TPSA) is 82.5 Å². The molecule has 1 aromatic rings. The van der Waals surface area contributed by atoms with Crippen molar-refractivity contribution in [3.8, 4) is 0 Å². The van der Waals surface area contributed by atoms with Crippen LogP contribution in [0.4, 0.5) is 26.7 Å². The maximum absolute atomic E-state index is 14.6. The Kier molecular flexibility index (Phi) is 7.39. The molecule has 0 saturated carbocycles. The average Bonchev–Trinajstić information content (AvgIpc) is 2.67. The molecular formula is C18H19F5N4OS. The number of rotatable bonds is 5. The summed E-state index contributed by atoms with van der Waals surface area (Å²) in [6, 6.07) is 3.18. The highest BCUT2D eigenvalue weighted by Gasteiger charge is 2.43. The largest absolute Gasteiger partial charge is 0.416 e. The Morgan fingerprint density at radius 3 is 2.45 bits per heavy atom. The minimum Gasteiger partial charge on any atom is -0.405 e. The van der Waals surface area contributed by atoms with Crippen molar-refractivity contribution in [2.24, 2.45) is 16.6 Å². The van der Waals surface area contributed by atoms with Crippen LogP contribution in [0, 0.1) is 11.3 Å². The number of urea groups is 1. The van der Waals surface area contributed by atoms with Crippen LogP contribution in [-0.4, -0.2) is 41.2 Å². The minimum absolute atomic E-state index is 0.0210. The number of nitrogens with two attached hydrogens (primary N) is 1. The van der Waals surface area contributed by atoms with Crippen LogP contribution < -0.4 is 5.73 Å². The third kappa shape index (κ3) is 6.28. The zero-order valence-corrected chi connectivity index (χ0v) is 15.9. The van der Waals surface area contributed by atoms with E-state index in [-0.39, 0.29) is 48.3 Å². The zero-order valence-electron chi connectivity index (χ0n) is 15.1. The van der Waals surface area contributed by atoms with Crippen molar-refractivity contribution in [3.63, 3.8) is 0 Å². The molecule has 0 unspecified atom stereocenters. The maximum atomic E-state index is 14.6. The van der Waals surface area contributed by atoms with Crippen LogP contribution in [0.1, 0.15) is 18.4 Å². The Labute approximate surface area is 168 Å².